The first-order valence-electron chi connectivity index (χ1n) is 12.3. The monoisotopic (exact) mass is 476 g/mol. The molecule has 2 saturated heterocycles. The lowest BCUT2D eigenvalue weighted by molar-refractivity contribution is -0.0214. The molecule has 2 nitrogen and oxygen atoms in total. The topological polar surface area (TPSA) is 18.5 Å². The quantitative estimate of drug-likeness (QED) is 0.309. The lowest BCUT2D eigenvalue weighted by Crippen LogP contribution is -2.21. The van der Waals surface area contributed by atoms with E-state index in [1.807, 2.05) is 19.1 Å². The van der Waals surface area contributed by atoms with Gasteiger partial charge in [-0.05, 0) is 44.9 Å². The second kappa shape index (κ2) is 11.0. The summed E-state index contributed by atoms with van der Waals surface area (Å²) in [5.41, 5.74) is -0.379. The molecule has 2 aromatic carbocycles. The SMILES string of the molecule is C/C=C/C1CCC(c2ccc(-c3ccc(C4CCC(CCC)CO4)c(F)c3F)c(F)c2F)OC1. The van der Waals surface area contributed by atoms with Gasteiger partial charge in [-0.3, -0.25) is 0 Å². The third kappa shape index (κ3) is 5.08. The van der Waals surface area contributed by atoms with Crippen molar-refractivity contribution in [3.8, 4) is 11.1 Å². The molecule has 2 heterocycles. The fourth-order valence-electron chi connectivity index (χ4n) is 5.17. The number of ether oxygens (including phenoxy) is 2. The standard InChI is InChI=1S/C28H32F4O2/c1-3-5-17-7-13-23(33-15-17)21-11-9-19(25(29)27(21)31)20-10-12-22(28(32)26(20)30)24-14-8-18(6-4-2)16-34-24/h3,5,9-12,17-18,23-24H,4,6-8,13-16H2,1-2H3/b5-3+. The van der Waals surface area contributed by atoms with Crippen molar-refractivity contribution in [3.05, 3.63) is 70.8 Å². The third-order valence-corrected chi connectivity index (χ3v) is 7.05. The van der Waals surface area contributed by atoms with Crippen LogP contribution in [0.3, 0.4) is 0 Å². The van der Waals surface area contributed by atoms with Gasteiger partial charge in [0.15, 0.2) is 23.3 Å². The Hall–Kier alpha value is -2.18. The molecular formula is C28H32F4O2. The van der Waals surface area contributed by atoms with Crippen LogP contribution in [0.5, 0.6) is 0 Å². The van der Waals surface area contributed by atoms with Crippen molar-refractivity contribution in [2.24, 2.45) is 11.8 Å². The summed E-state index contributed by atoms with van der Waals surface area (Å²) < 4.78 is 71.6. The number of rotatable bonds is 6. The molecule has 2 aliphatic rings. The van der Waals surface area contributed by atoms with Crippen LogP contribution in [0.1, 0.15) is 75.7 Å². The van der Waals surface area contributed by atoms with Crippen LogP contribution in [0.4, 0.5) is 17.6 Å². The van der Waals surface area contributed by atoms with E-state index in [-0.39, 0.29) is 28.2 Å². The molecule has 0 saturated carbocycles. The first kappa shape index (κ1) is 24.9. The molecule has 34 heavy (non-hydrogen) atoms. The van der Waals surface area contributed by atoms with E-state index >= 15 is 8.78 Å². The minimum atomic E-state index is -1.20. The Labute approximate surface area is 199 Å². The van der Waals surface area contributed by atoms with Crippen LogP contribution >= 0.6 is 0 Å². The zero-order chi connectivity index (χ0) is 24.2. The lowest BCUT2D eigenvalue weighted by atomic mass is 9.90. The number of hydrogen-bond acceptors (Lipinski definition) is 2. The molecule has 0 amide bonds. The van der Waals surface area contributed by atoms with Gasteiger partial charge in [0, 0.05) is 28.2 Å². The van der Waals surface area contributed by atoms with E-state index in [4.69, 9.17) is 9.47 Å². The van der Waals surface area contributed by atoms with Gasteiger partial charge in [0.2, 0.25) is 0 Å². The molecular weight excluding hydrogens is 444 g/mol. The summed E-state index contributed by atoms with van der Waals surface area (Å²) in [6.07, 6.45) is 7.86. The highest BCUT2D eigenvalue weighted by atomic mass is 19.2. The molecule has 0 spiro atoms. The maximum atomic E-state index is 15.0. The molecule has 4 unspecified atom stereocenters. The van der Waals surface area contributed by atoms with Crippen LogP contribution in [-0.2, 0) is 9.47 Å². The van der Waals surface area contributed by atoms with Crippen LogP contribution in [-0.4, -0.2) is 13.2 Å². The Morgan fingerprint density at radius 2 is 1.32 bits per heavy atom. The molecule has 2 aromatic rings. The van der Waals surface area contributed by atoms with Crippen molar-refractivity contribution in [1.82, 2.24) is 0 Å². The first-order valence-corrected chi connectivity index (χ1v) is 12.3. The molecule has 4 rings (SSSR count). The maximum absolute atomic E-state index is 15.0. The zero-order valence-corrected chi connectivity index (χ0v) is 19.8. The predicted molar refractivity (Wildman–Crippen MR) is 124 cm³/mol. The molecule has 0 radical (unpaired) electrons. The van der Waals surface area contributed by atoms with Crippen LogP contribution in [0, 0.1) is 35.1 Å². The predicted octanol–water partition coefficient (Wildman–Crippen LogP) is 8.22. The number of hydrogen-bond donors (Lipinski definition) is 0. The van der Waals surface area contributed by atoms with Crippen molar-refractivity contribution < 1.29 is 27.0 Å². The second-order valence-electron chi connectivity index (χ2n) is 9.40. The highest BCUT2D eigenvalue weighted by Crippen LogP contribution is 2.39. The number of halogens is 4. The van der Waals surface area contributed by atoms with E-state index in [1.54, 1.807) is 0 Å². The molecule has 6 heteroatoms. The number of benzene rings is 2. The summed E-state index contributed by atoms with van der Waals surface area (Å²) in [6.45, 7) is 4.99. The summed E-state index contributed by atoms with van der Waals surface area (Å²) in [7, 11) is 0. The Balaban J connectivity index is 1.54. The fourth-order valence-corrected chi connectivity index (χ4v) is 5.17. The van der Waals surface area contributed by atoms with Gasteiger partial charge in [-0.2, -0.15) is 0 Å². The molecule has 4 atom stereocenters. The van der Waals surface area contributed by atoms with Crippen LogP contribution in [0.25, 0.3) is 11.1 Å². The Kier molecular flexibility index (Phi) is 8.10. The summed E-state index contributed by atoms with van der Waals surface area (Å²) in [6, 6.07) is 5.46. The van der Waals surface area contributed by atoms with Gasteiger partial charge in [-0.25, -0.2) is 17.6 Å². The fraction of sp³-hybridized carbons (Fsp3) is 0.500. The van der Waals surface area contributed by atoms with Crippen molar-refractivity contribution in [3.63, 3.8) is 0 Å². The Morgan fingerprint density at radius 3 is 1.76 bits per heavy atom. The summed E-state index contributed by atoms with van der Waals surface area (Å²) in [5.74, 6) is -3.83. The Bertz CT molecular complexity index is 1020. The van der Waals surface area contributed by atoms with Crippen LogP contribution < -0.4 is 0 Å². The van der Waals surface area contributed by atoms with Gasteiger partial charge in [0.25, 0.3) is 0 Å². The van der Waals surface area contributed by atoms with Crippen molar-refractivity contribution >= 4 is 0 Å². The average molecular weight is 477 g/mol. The van der Waals surface area contributed by atoms with Crippen molar-refractivity contribution in [1.29, 1.82) is 0 Å². The molecule has 0 N–H and O–H groups in total. The summed E-state index contributed by atoms with van der Waals surface area (Å²) in [4.78, 5) is 0. The number of allylic oxidation sites excluding steroid dienone is 1. The minimum absolute atomic E-state index is 0.106. The minimum Gasteiger partial charge on any atom is -0.373 e. The second-order valence-corrected chi connectivity index (χ2v) is 9.40. The van der Waals surface area contributed by atoms with E-state index in [2.05, 4.69) is 6.92 Å². The normalized spacial score (nSPS) is 25.7. The van der Waals surface area contributed by atoms with Crippen molar-refractivity contribution in [2.75, 3.05) is 13.2 Å². The largest absolute Gasteiger partial charge is 0.373 e. The zero-order valence-electron chi connectivity index (χ0n) is 19.8. The highest BCUT2D eigenvalue weighted by Gasteiger charge is 2.30. The van der Waals surface area contributed by atoms with Crippen LogP contribution in [0.15, 0.2) is 36.4 Å². The highest BCUT2D eigenvalue weighted by molar-refractivity contribution is 5.66. The van der Waals surface area contributed by atoms with E-state index in [0.717, 1.165) is 25.7 Å². The van der Waals surface area contributed by atoms with E-state index < -0.39 is 35.5 Å². The summed E-state index contributed by atoms with van der Waals surface area (Å²) >= 11 is 0. The van der Waals surface area contributed by atoms with Crippen LogP contribution in [0.2, 0.25) is 0 Å². The molecule has 0 aliphatic carbocycles. The molecule has 2 aliphatic heterocycles. The first-order chi connectivity index (χ1) is 16.4. The molecule has 0 aromatic heterocycles. The Morgan fingerprint density at radius 1 is 0.765 bits per heavy atom. The smallest absolute Gasteiger partial charge is 0.167 e. The summed E-state index contributed by atoms with van der Waals surface area (Å²) in [5, 5.41) is 0. The van der Waals surface area contributed by atoms with E-state index in [1.165, 1.54) is 24.3 Å². The van der Waals surface area contributed by atoms with Gasteiger partial charge in [-0.15, -0.1) is 0 Å². The van der Waals surface area contributed by atoms with E-state index in [9.17, 15) is 8.78 Å². The van der Waals surface area contributed by atoms with E-state index in [0.29, 0.717) is 32.0 Å². The van der Waals surface area contributed by atoms with Crippen molar-refractivity contribution in [2.45, 2.75) is 64.6 Å². The lowest BCUT2D eigenvalue weighted by Gasteiger charge is -2.29. The van der Waals surface area contributed by atoms with Gasteiger partial charge in [0.1, 0.15) is 0 Å². The molecule has 0 bridgehead atoms. The average Bonchev–Trinajstić information content (AvgIpc) is 2.85. The van der Waals surface area contributed by atoms with Gasteiger partial charge in [0.05, 0.1) is 25.4 Å². The maximum Gasteiger partial charge on any atom is 0.167 e. The van der Waals surface area contributed by atoms with Gasteiger partial charge >= 0.3 is 0 Å². The van der Waals surface area contributed by atoms with Gasteiger partial charge < -0.3 is 9.47 Å². The molecule has 2 fully saturated rings. The third-order valence-electron chi connectivity index (χ3n) is 7.05. The molecule has 184 valence electrons. The van der Waals surface area contributed by atoms with Gasteiger partial charge in [-0.1, -0.05) is 49.8 Å².